The van der Waals surface area contributed by atoms with Gasteiger partial charge in [-0.1, -0.05) is 194 Å². The molecule has 0 aliphatic carbocycles. The summed E-state index contributed by atoms with van der Waals surface area (Å²) in [5.74, 6) is 0. The summed E-state index contributed by atoms with van der Waals surface area (Å²) < 4.78 is 2.58. The fourth-order valence-electron chi connectivity index (χ4n) is 11.6. The van der Waals surface area contributed by atoms with Crippen LogP contribution in [0.3, 0.4) is 0 Å². The lowest BCUT2D eigenvalue weighted by Gasteiger charge is -2.54. The van der Waals surface area contributed by atoms with Crippen molar-refractivity contribution in [3.05, 3.63) is 261 Å². The third-order valence-electron chi connectivity index (χ3n) is 14.4. The average molecular weight is 950 g/mol. The van der Waals surface area contributed by atoms with Crippen LogP contribution in [0.15, 0.2) is 290 Å². The van der Waals surface area contributed by atoms with Crippen molar-refractivity contribution in [1.82, 2.24) is 0 Å². The van der Waals surface area contributed by atoms with E-state index in [0.717, 1.165) is 11.4 Å². The van der Waals surface area contributed by atoms with Gasteiger partial charge < -0.3 is 4.90 Å². The number of hydrogen-bond donors (Lipinski definition) is 0. The quantitative estimate of drug-likeness (QED) is 0.153. The van der Waals surface area contributed by atoms with Gasteiger partial charge in [0.25, 0.3) is 0 Å². The molecular weight excluding hydrogens is 907 g/mol. The molecule has 0 radical (unpaired) electrons. The van der Waals surface area contributed by atoms with Crippen LogP contribution in [-0.4, -0.2) is 8.07 Å². The van der Waals surface area contributed by atoms with Crippen LogP contribution >= 0.6 is 33.1 Å². The molecule has 69 heavy (non-hydrogen) atoms. The fourth-order valence-corrected chi connectivity index (χ4v) is 25.7. The smallest absolute Gasteiger partial charge is 0.184 e. The summed E-state index contributed by atoms with van der Waals surface area (Å²) in [5, 5.41) is 11.0. The maximum Gasteiger partial charge on any atom is 0.184 e. The van der Waals surface area contributed by atoms with E-state index in [-0.39, 0.29) is 0 Å². The molecule has 0 fully saturated rings. The van der Waals surface area contributed by atoms with Crippen LogP contribution in [0.1, 0.15) is 0 Å². The molecule has 0 saturated carbocycles. The lowest BCUT2D eigenvalue weighted by molar-refractivity contribution is 1.22. The second-order valence-corrected chi connectivity index (χ2v) is 26.8. The van der Waals surface area contributed by atoms with E-state index in [1.165, 1.54) is 97.9 Å². The zero-order chi connectivity index (χ0) is 45.5. The second-order valence-electron chi connectivity index (χ2n) is 17.9. The normalized spacial score (nSPS) is 14.4. The molecular formula is C64H43NS3Si. The van der Waals surface area contributed by atoms with Crippen molar-refractivity contribution in [3.63, 3.8) is 0 Å². The van der Waals surface area contributed by atoms with E-state index in [9.17, 15) is 0 Å². The first-order valence-electron chi connectivity index (χ1n) is 23.6. The molecule has 14 rings (SSSR count). The minimum absolute atomic E-state index is 1.12. The highest BCUT2D eigenvalue weighted by atomic mass is 32.3. The summed E-state index contributed by atoms with van der Waals surface area (Å²) in [5.41, 5.74) is 5.90. The van der Waals surface area contributed by atoms with Crippen LogP contribution in [0.4, 0.5) is 17.1 Å². The summed E-state index contributed by atoms with van der Waals surface area (Å²) in [7, 11) is -5.07. The molecule has 0 amide bonds. The van der Waals surface area contributed by atoms with E-state index in [0.29, 0.717) is 0 Å². The molecule has 11 aromatic carbocycles. The Balaban J connectivity index is 1.10. The lowest BCUT2D eigenvalue weighted by atomic mass is 9.98. The molecule has 0 saturated heterocycles. The van der Waals surface area contributed by atoms with Crippen molar-refractivity contribution < 1.29 is 0 Å². The molecule has 1 spiro atoms. The van der Waals surface area contributed by atoms with Gasteiger partial charge >= 0.3 is 0 Å². The average Bonchev–Trinajstić information content (AvgIpc) is 3.81. The van der Waals surface area contributed by atoms with E-state index in [1.54, 1.807) is 0 Å². The van der Waals surface area contributed by atoms with Crippen molar-refractivity contribution in [2.45, 2.75) is 29.4 Å². The van der Waals surface area contributed by atoms with Gasteiger partial charge in [0.05, 0.1) is 10.4 Å². The van der Waals surface area contributed by atoms with Crippen molar-refractivity contribution in [1.29, 1.82) is 0 Å². The molecule has 0 N–H and O–H groups in total. The predicted octanol–water partition coefficient (Wildman–Crippen LogP) is 15.8. The van der Waals surface area contributed by atoms with Crippen LogP contribution in [0.2, 0.25) is 0 Å². The Kier molecular flexibility index (Phi) is 9.50. The first-order chi connectivity index (χ1) is 34.2. The number of rotatable bonds is 6. The Hall–Kier alpha value is -7.38. The Morgan fingerprint density at radius 1 is 0.377 bits per heavy atom. The summed E-state index contributed by atoms with van der Waals surface area (Å²) >= 11 is 3.82. The van der Waals surface area contributed by atoms with Crippen molar-refractivity contribution in [2.24, 2.45) is 0 Å². The molecule has 3 heterocycles. The highest BCUT2D eigenvalue weighted by molar-refractivity contribution is 8.34. The number of fused-ring (bicyclic) bond motifs is 12. The molecule has 2 aliphatic rings. The Morgan fingerprint density at radius 3 is 1.67 bits per heavy atom. The number of hydrogen-bond acceptors (Lipinski definition) is 3. The zero-order valence-corrected chi connectivity index (χ0v) is 40.9. The summed E-state index contributed by atoms with van der Waals surface area (Å²) in [6, 6.07) is 99.2. The predicted molar refractivity (Wildman–Crippen MR) is 298 cm³/mol. The van der Waals surface area contributed by atoms with E-state index in [1.807, 2.05) is 23.1 Å². The molecule has 0 unspecified atom stereocenters. The fraction of sp³-hybridized carbons (Fsp3) is 0. The van der Waals surface area contributed by atoms with Crippen LogP contribution in [0.5, 0.6) is 0 Å². The summed E-state index contributed by atoms with van der Waals surface area (Å²) in [6.45, 7) is 0. The summed E-state index contributed by atoms with van der Waals surface area (Å²) in [4.78, 5) is 10.8. The van der Waals surface area contributed by atoms with E-state index >= 15 is 0 Å². The maximum atomic E-state index is 2.63. The van der Waals surface area contributed by atoms with Gasteiger partial charge in [0.1, 0.15) is 0 Å². The first kappa shape index (κ1) is 40.7. The van der Waals surface area contributed by atoms with E-state index < -0.39 is 18.1 Å². The van der Waals surface area contributed by atoms with Crippen LogP contribution in [-0.2, 0) is 0 Å². The van der Waals surface area contributed by atoms with Gasteiger partial charge in [-0.15, -0.1) is 21.4 Å². The van der Waals surface area contributed by atoms with E-state index in [4.69, 9.17) is 0 Å². The SMILES string of the molecule is c1ccc(S2(c3ccccc3)c3ccccc3[Si]3(c4ccccc4Sc4ccccc43)c3ccc(N(c4ccc(-c5cccc6ccccc56)cc4)c4cccc5c4sc4ccccc45)cc32)cc1. The number of benzene rings is 11. The Labute approximate surface area is 413 Å². The minimum Gasteiger partial charge on any atom is -0.309 e. The number of anilines is 3. The van der Waals surface area contributed by atoms with Crippen LogP contribution in [0.25, 0.3) is 42.1 Å². The van der Waals surface area contributed by atoms with Gasteiger partial charge in [-0.3, -0.25) is 0 Å². The Bertz CT molecular complexity index is 3870. The van der Waals surface area contributed by atoms with Gasteiger partial charge in [0.15, 0.2) is 8.07 Å². The highest BCUT2D eigenvalue weighted by Crippen LogP contribution is 2.74. The molecule has 5 heteroatoms. The topological polar surface area (TPSA) is 3.24 Å². The van der Waals surface area contributed by atoms with Crippen molar-refractivity contribution in [3.8, 4) is 11.1 Å². The molecule has 0 bridgehead atoms. The van der Waals surface area contributed by atoms with Gasteiger partial charge in [-0.2, -0.15) is 0 Å². The van der Waals surface area contributed by atoms with Crippen molar-refractivity contribution in [2.75, 3.05) is 4.90 Å². The zero-order valence-electron chi connectivity index (χ0n) is 37.5. The molecule has 12 aromatic rings. The molecule has 2 aliphatic heterocycles. The van der Waals surface area contributed by atoms with Crippen LogP contribution in [0, 0.1) is 0 Å². The van der Waals surface area contributed by atoms with Crippen molar-refractivity contribution >= 4 is 110 Å². The largest absolute Gasteiger partial charge is 0.309 e. The van der Waals surface area contributed by atoms with Gasteiger partial charge in [-0.05, 0) is 122 Å². The van der Waals surface area contributed by atoms with E-state index in [2.05, 4.69) is 266 Å². The highest BCUT2D eigenvalue weighted by Gasteiger charge is 2.56. The first-order valence-corrected chi connectivity index (χ1v) is 28.8. The Morgan fingerprint density at radius 2 is 0.928 bits per heavy atom. The second kappa shape index (κ2) is 16.1. The van der Waals surface area contributed by atoms with Gasteiger partial charge in [-0.25, -0.2) is 0 Å². The molecule has 1 aromatic heterocycles. The summed E-state index contributed by atoms with van der Waals surface area (Å²) in [6.07, 6.45) is 0. The van der Waals surface area contributed by atoms with Gasteiger partial charge in [0.2, 0.25) is 0 Å². The third kappa shape index (κ3) is 5.98. The minimum atomic E-state index is -2.97. The molecule has 0 atom stereocenters. The number of nitrogens with zero attached hydrogens (tertiary/aromatic N) is 1. The third-order valence-corrected chi connectivity index (χ3v) is 26.5. The molecule has 1 nitrogen and oxygen atoms in total. The maximum absolute atomic E-state index is 2.97. The van der Waals surface area contributed by atoms with Crippen LogP contribution < -0.4 is 25.6 Å². The standard InChI is InChI=1S/C64H43NS3Si/c1-3-21-48(22-4-1)68(49-23-5-2-6-24-49)58-33-13-16-36-62(58)69(60-34-14-11-31-56(60)66-57-32-12-15-35-61(57)69)63-42-41-47(43-59(63)68)65(54-29-18-28-53-52-26-9-10-30-55(52)67-64(53)54)46-39-37-45(38-40-46)51-27-17-20-44-19-7-8-25-50(44)51/h1-43H. The monoisotopic (exact) mass is 949 g/mol. The lowest BCUT2D eigenvalue weighted by Crippen LogP contribution is -2.78. The number of thiophene rings is 1. The van der Waals surface area contributed by atoms with Gasteiger partial charge in [0, 0.05) is 56.2 Å². The molecule has 326 valence electrons.